The summed E-state index contributed by atoms with van der Waals surface area (Å²) in [4.78, 5) is 8.87. The average Bonchev–Trinajstić information content (AvgIpc) is 2.81. The first kappa shape index (κ1) is 17.1. The molecule has 1 aromatic heterocycles. The molecule has 134 valence electrons. The highest BCUT2D eigenvalue weighted by atomic mass is 14.8. The number of nitrogens with zero attached hydrogens (tertiary/aromatic N) is 6. The highest BCUT2D eigenvalue weighted by Gasteiger charge is 2.17. The number of aromatic nitrogens is 2. The summed E-state index contributed by atoms with van der Waals surface area (Å²) in [6.45, 7) is 0. The van der Waals surface area contributed by atoms with Crippen LogP contribution in [0.5, 0.6) is 0 Å². The maximum atomic E-state index is 9.51. The molecule has 0 saturated carbocycles. The van der Waals surface area contributed by atoms with E-state index in [1.165, 1.54) is 0 Å². The van der Waals surface area contributed by atoms with Crippen molar-refractivity contribution in [3.63, 3.8) is 0 Å². The van der Waals surface area contributed by atoms with Gasteiger partial charge in [-0.1, -0.05) is 24.3 Å². The summed E-state index contributed by atoms with van der Waals surface area (Å²) in [6, 6.07) is 23.1. The predicted octanol–water partition coefficient (Wildman–Crippen LogP) is 4.58. The van der Waals surface area contributed by atoms with Gasteiger partial charge in [-0.3, -0.25) is 0 Å². The zero-order valence-electron chi connectivity index (χ0n) is 15.3. The van der Waals surface area contributed by atoms with Gasteiger partial charge in [0, 0.05) is 10.8 Å². The van der Waals surface area contributed by atoms with Gasteiger partial charge < -0.3 is 0 Å². The third-order valence-corrected chi connectivity index (χ3v) is 5.19. The molecule has 0 atom stereocenters. The minimum Gasteiger partial charge on any atom is -0.232 e. The lowest BCUT2D eigenvalue weighted by Crippen LogP contribution is -1.98. The van der Waals surface area contributed by atoms with E-state index in [1.54, 1.807) is 12.1 Å². The fourth-order valence-electron chi connectivity index (χ4n) is 3.83. The monoisotopic (exact) mass is 380 g/mol. The Labute approximate surface area is 170 Å². The van der Waals surface area contributed by atoms with E-state index in [1.807, 2.05) is 54.6 Å². The Morgan fingerprint density at radius 3 is 1.47 bits per heavy atom. The Balaban J connectivity index is 2.15. The van der Waals surface area contributed by atoms with Crippen LogP contribution in [0.1, 0.15) is 22.5 Å². The summed E-state index contributed by atoms with van der Waals surface area (Å²) in [5.41, 5.74) is 1.26. The van der Waals surface area contributed by atoms with Crippen LogP contribution in [-0.4, -0.2) is 9.97 Å². The standard InChI is InChI=1S/C24H8N6/c25-9-15-7-18-17-5-13-3-1-2-4-14(13)6-19(17)23-24(20(18)8-16(15)10-26)30-22(12-28)21(11-27)29-23/h1-8H. The van der Waals surface area contributed by atoms with Crippen molar-refractivity contribution in [2.24, 2.45) is 0 Å². The lowest BCUT2D eigenvalue weighted by Gasteiger charge is -2.12. The van der Waals surface area contributed by atoms with Crippen molar-refractivity contribution in [1.29, 1.82) is 21.0 Å². The predicted molar refractivity (Wildman–Crippen MR) is 111 cm³/mol. The van der Waals surface area contributed by atoms with Crippen molar-refractivity contribution in [3.8, 4) is 24.3 Å². The summed E-state index contributed by atoms with van der Waals surface area (Å²) in [5, 5.41) is 42.8. The molecule has 0 aliphatic heterocycles. The molecule has 5 rings (SSSR count). The first-order valence-corrected chi connectivity index (χ1v) is 8.93. The molecule has 6 heteroatoms. The van der Waals surface area contributed by atoms with Gasteiger partial charge in [0.1, 0.15) is 24.3 Å². The molecule has 0 aliphatic rings. The van der Waals surface area contributed by atoms with Crippen molar-refractivity contribution in [1.82, 2.24) is 9.97 Å². The molecule has 4 aromatic carbocycles. The second kappa shape index (κ2) is 6.25. The topological polar surface area (TPSA) is 121 Å². The molecular formula is C24H8N6. The van der Waals surface area contributed by atoms with Crippen LogP contribution in [0.3, 0.4) is 0 Å². The average molecular weight is 380 g/mol. The Morgan fingerprint density at radius 1 is 0.533 bits per heavy atom. The first-order valence-electron chi connectivity index (χ1n) is 8.93. The molecule has 30 heavy (non-hydrogen) atoms. The van der Waals surface area contributed by atoms with Crippen LogP contribution in [0.4, 0.5) is 0 Å². The molecule has 0 fully saturated rings. The van der Waals surface area contributed by atoms with Gasteiger partial charge in [0.2, 0.25) is 0 Å². The summed E-state index contributed by atoms with van der Waals surface area (Å²) in [6.07, 6.45) is 0. The Hall–Kier alpha value is -5.04. The van der Waals surface area contributed by atoms with Crippen LogP contribution in [0.15, 0.2) is 48.5 Å². The van der Waals surface area contributed by atoms with Gasteiger partial charge in [-0.15, -0.1) is 0 Å². The number of hydrogen-bond donors (Lipinski definition) is 0. The van der Waals surface area contributed by atoms with Crippen LogP contribution in [0.25, 0.3) is 43.4 Å². The number of fused-ring (bicyclic) bond motifs is 7. The number of rotatable bonds is 0. The quantitative estimate of drug-likeness (QED) is 0.286. The summed E-state index contributed by atoms with van der Waals surface area (Å²) in [5.74, 6) is 0. The zero-order valence-corrected chi connectivity index (χ0v) is 15.3. The third-order valence-electron chi connectivity index (χ3n) is 5.19. The first-order chi connectivity index (χ1) is 14.7. The van der Waals surface area contributed by atoms with E-state index in [4.69, 9.17) is 0 Å². The molecule has 0 amide bonds. The van der Waals surface area contributed by atoms with Crippen molar-refractivity contribution >= 4 is 43.4 Å². The van der Waals surface area contributed by atoms with E-state index in [2.05, 4.69) is 16.0 Å². The molecule has 1 heterocycles. The normalized spacial score (nSPS) is 10.5. The second-order valence-corrected chi connectivity index (χ2v) is 6.75. The number of benzene rings is 4. The molecule has 0 radical (unpaired) electrons. The van der Waals surface area contributed by atoms with Crippen LogP contribution >= 0.6 is 0 Å². The van der Waals surface area contributed by atoms with Gasteiger partial charge in [0.25, 0.3) is 0 Å². The van der Waals surface area contributed by atoms with E-state index in [9.17, 15) is 21.0 Å². The molecule has 0 saturated heterocycles. The van der Waals surface area contributed by atoms with Crippen LogP contribution in [-0.2, 0) is 0 Å². The van der Waals surface area contributed by atoms with E-state index < -0.39 is 0 Å². The lowest BCUT2D eigenvalue weighted by molar-refractivity contribution is 1.21. The van der Waals surface area contributed by atoms with Gasteiger partial charge in [-0.05, 0) is 45.8 Å². The van der Waals surface area contributed by atoms with Crippen molar-refractivity contribution < 1.29 is 0 Å². The van der Waals surface area contributed by atoms with Crippen molar-refractivity contribution in [2.75, 3.05) is 0 Å². The van der Waals surface area contributed by atoms with Gasteiger partial charge in [0.05, 0.1) is 22.2 Å². The fourth-order valence-corrected chi connectivity index (χ4v) is 3.83. The Bertz CT molecular complexity index is 1610. The highest BCUT2D eigenvalue weighted by molar-refractivity contribution is 6.25. The van der Waals surface area contributed by atoms with Gasteiger partial charge in [0.15, 0.2) is 11.4 Å². The Morgan fingerprint density at radius 2 is 0.967 bits per heavy atom. The fraction of sp³-hybridized carbons (Fsp3) is 0. The molecular weight excluding hydrogens is 372 g/mol. The smallest absolute Gasteiger partial charge is 0.177 e. The Kier molecular flexibility index (Phi) is 3.56. The molecule has 0 bridgehead atoms. The molecule has 0 N–H and O–H groups in total. The summed E-state index contributed by atoms with van der Waals surface area (Å²) < 4.78 is 0. The van der Waals surface area contributed by atoms with Crippen molar-refractivity contribution in [2.45, 2.75) is 0 Å². The lowest BCUT2D eigenvalue weighted by atomic mass is 9.93. The van der Waals surface area contributed by atoms with Crippen LogP contribution in [0, 0.1) is 45.3 Å². The molecule has 6 nitrogen and oxygen atoms in total. The number of hydrogen-bond acceptors (Lipinski definition) is 6. The zero-order chi connectivity index (χ0) is 20.8. The van der Waals surface area contributed by atoms with Gasteiger partial charge >= 0.3 is 0 Å². The van der Waals surface area contributed by atoms with Gasteiger partial charge in [-0.25, -0.2) is 9.97 Å². The highest BCUT2D eigenvalue weighted by Crippen LogP contribution is 2.37. The van der Waals surface area contributed by atoms with Crippen molar-refractivity contribution in [3.05, 3.63) is 71.0 Å². The summed E-state index contributed by atoms with van der Waals surface area (Å²) >= 11 is 0. The van der Waals surface area contributed by atoms with Gasteiger partial charge in [-0.2, -0.15) is 21.0 Å². The van der Waals surface area contributed by atoms with E-state index in [0.717, 1.165) is 26.9 Å². The maximum Gasteiger partial charge on any atom is 0.177 e. The van der Waals surface area contributed by atoms with Crippen LogP contribution in [0.2, 0.25) is 0 Å². The number of nitriles is 4. The molecule has 0 unspecified atom stereocenters. The third kappa shape index (κ3) is 2.26. The minimum atomic E-state index is -0.0747. The SMILES string of the molecule is N#Cc1cc2c3cc4ccccc4cc3c3nc(C#N)c(C#N)nc3c2cc1C#N. The van der Waals surface area contributed by atoms with E-state index in [-0.39, 0.29) is 22.5 Å². The molecule has 5 aromatic rings. The minimum absolute atomic E-state index is 0.0482. The van der Waals surface area contributed by atoms with E-state index in [0.29, 0.717) is 16.4 Å². The molecule has 0 aliphatic carbocycles. The van der Waals surface area contributed by atoms with Crippen LogP contribution < -0.4 is 0 Å². The summed E-state index contributed by atoms with van der Waals surface area (Å²) in [7, 11) is 0. The largest absolute Gasteiger partial charge is 0.232 e. The maximum absolute atomic E-state index is 9.51. The second-order valence-electron chi connectivity index (χ2n) is 6.75. The van der Waals surface area contributed by atoms with E-state index >= 15 is 0 Å². The molecule has 0 spiro atoms.